The smallest absolute Gasteiger partial charge is 0.138 e. The fraction of sp³-hybridized carbons (Fsp3) is 0.323. The number of nitrogens with zero attached hydrogens (tertiary/aromatic N) is 3. The van der Waals surface area contributed by atoms with Gasteiger partial charge < -0.3 is 10.1 Å². The van der Waals surface area contributed by atoms with Crippen molar-refractivity contribution in [1.82, 2.24) is 19.8 Å². The fourth-order valence-corrected chi connectivity index (χ4v) is 5.35. The molecule has 0 aliphatic carbocycles. The van der Waals surface area contributed by atoms with Gasteiger partial charge in [0.05, 0.1) is 11.7 Å². The summed E-state index contributed by atoms with van der Waals surface area (Å²) in [6, 6.07) is 30.0. The lowest BCUT2D eigenvalue weighted by molar-refractivity contribution is 0.0605. The van der Waals surface area contributed by atoms with Gasteiger partial charge in [0.25, 0.3) is 0 Å². The second kappa shape index (κ2) is 15.4. The van der Waals surface area contributed by atoms with Gasteiger partial charge in [-0.3, -0.25) is 9.80 Å². The number of imidazole rings is 1. The zero-order chi connectivity index (χ0) is 24.9. The van der Waals surface area contributed by atoms with E-state index in [9.17, 15) is 5.11 Å². The Morgan fingerprint density at radius 1 is 0.795 bits per heavy atom. The predicted octanol–water partition coefficient (Wildman–Crippen LogP) is 6.65. The molecule has 0 amide bonds. The Bertz CT molecular complexity index is 1220. The molecule has 0 bridgehead atoms. The van der Waals surface area contributed by atoms with Crippen LogP contribution in [0.15, 0.2) is 84.9 Å². The van der Waals surface area contributed by atoms with Crippen LogP contribution < -0.4 is 0 Å². The van der Waals surface area contributed by atoms with Crippen molar-refractivity contribution in [2.75, 3.05) is 32.7 Å². The van der Waals surface area contributed by atoms with Crippen molar-refractivity contribution in [3.05, 3.63) is 113 Å². The quantitative estimate of drug-likeness (QED) is 0.242. The molecule has 1 aliphatic rings. The third-order valence-electron chi connectivity index (χ3n) is 7.31. The van der Waals surface area contributed by atoms with Crippen molar-refractivity contribution in [2.24, 2.45) is 0 Å². The van der Waals surface area contributed by atoms with Gasteiger partial charge in [-0.2, -0.15) is 0 Å². The minimum Gasteiger partial charge on any atom is -0.385 e. The van der Waals surface area contributed by atoms with E-state index >= 15 is 0 Å². The maximum atomic E-state index is 11.2. The molecule has 1 unspecified atom stereocenters. The second-order valence-electron chi connectivity index (χ2n) is 9.69. The number of benzene rings is 3. The third kappa shape index (κ3) is 7.63. The van der Waals surface area contributed by atoms with Gasteiger partial charge in [-0.1, -0.05) is 91.9 Å². The molecule has 1 saturated heterocycles. The van der Waals surface area contributed by atoms with Crippen LogP contribution in [0, 0.1) is 6.92 Å². The van der Waals surface area contributed by atoms with E-state index in [-0.39, 0.29) is 43.3 Å². The van der Waals surface area contributed by atoms with Crippen molar-refractivity contribution >= 4 is 37.2 Å². The fourth-order valence-electron chi connectivity index (χ4n) is 5.35. The first-order chi connectivity index (χ1) is 17.6. The number of aryl methyl sites for hydroxylation is 2. The first kappa shape index (κ1) is 32.8. The molecule has 0 radical (unpaired) electrons. The highest BCUT2D eigenvalue weighted by atomic mass is 35.5. The Morgan fingerprint density at radius 3 is 1.87 bits per heavy atom. The maximum absolute atomic E-state index is 11.2. The molecule has 5 nitrogen and oxygen atoms in total. The van der Waals surface area contributed by atoms with Crippen LogP contribution in [0.2, 0.25) is 0 Å². The van der Waals surface area contributed by atoms with E-state index in [0.717, 1.165) is 55.4 Å². The van der Waals surface area contributed by atoms with Crippen LogP contribution in [-0.4, -0.2) is 57.6 Å². The molecule has 39 heavy (non-hydrogen) atoms. The van der Waals surface area contributed by atoms with Crippen molar-refractivity contribution in [1.29, 1.82) is 0 Å². The molecule has 1 fully saturated rings. The molecule has 1 aromatic heterocycles. The minimum absolute atomic E-state index is 0. The van der Waals surface area contributed by atoms with Crippen LogP contribution in [0.25, 0.3) is 11.4 Å². The van der Waals surface area contributed by atoms with Crippen molar-refractivity contribution < 1.29 is 5.11 Å². The summed E-state index contributed by atoms with van der Waals surface area (Å²) in [4.78, 5) is 13.3. The summed E-state index contributed by atoms with van der Waals surface area (Å²) in [5.41, 5.74) is 6.72. The molecule has 8 heteroatoms. The van der Waals surface area contributed by atoms with E-state index in [1.54, 1.807) is 0 Å². The number of H-pyrrole nitrogens is 1. The zero-order valence-electron chi connectivity index (χ0n) is 22.5. The molecular formula is C31H39Cl3N4O. The number of β-amino-alcohol motifs (C(OH)–C–C–N with tert-alkyl or cyclic N) is 1. The summed E-state index contributed by atoms with van der Waals surface area (Å²) in [6.07, 6.45) is 0.203. The number of aromatic nitrogens is 2. The Morgan fingerprint density at radius 2 is 1.33 bits per heavy atom. The Hall–Kier alpha value is -2.38. The highest BCUT2D eigenvalue weighted by molar-refractivity contribution is 5.86. The van der Waals surface area contributed by atoms with Crippen molar-refractivity contribution in [3.63, 3.8) is 0 Å². The Labute approximate surface area is 250 Å². The maximum Gasteiger partial charge on any atom is 0.138 e. The first-order valence-corrected chi connectivity index (χ1v) is 13.0. The molecule has 2 N–H and O–H groups in total. The highest BCUT2D eigenvalue weighted by Gasteiger charge is 2.28. The van der Waals surface area contributed by atoms with Crippen LogP contribution in [0.3, 0.4) is 0 Å². The number of aliphatic hydroxyl groups excluding tert-OH is 1. The standard InChI is InChI=1S/C31H36N4O.3ClH/c1-3-27-29(33-31(32-27)26-17-11-10-12-23(26)2)28(36)22-34-18-20-35(21-19-34)30(24-13-6-4-7-14-24)25-15-8-5-9-16-25;;;/h4-17,28,30,36H,3,18-22H2,1-2H3,(H,32,33);3*1H. The number of halogens is 3. The minimum atomic E-state index is -0.612. The Kier molecular flexibility index (Phi) is 13.0. The van der Waals surface area contributed by atoms with Crippen LogP contribution in [0.5, 0.6) is 0 Å². The lowest BCUT2D eigenvalue weighted by Crippen LogP contribution is -2.48. The van der Waals surface area contributed by atoms with Gasteiger partial charge >= 0.3 is 0 Å². The zero-order valence-corrected chi connectivity index (χ0v) is 24.9. The average molecular weight is 590 g/mol. The van der Waals surface area contributed by atoms with E-state index in [1.807, 2.05) is 12.1 Å². The van der Waals surface area contributed by atoms with Gasteiger partial charge in [-0.25, -0.2) is 4.98 Å². The van der Waals surface area contributed by atoms with Gasteiger partial charge in [-0.05, 0) is 30.0 Å². The van der Waals surface area contributed by atoms with E-state index in [1.165, 1.54) is 16.7 Å². The molecule has 1 atom stereocenters. The summed E-state index contributed by atoms with van der Waals surface area (Å²) >= 11 is 0. The van der Waals surface area contributed by atoms with E-state index in [4.69, 9.17) is 4.98 Å². The van der Waals surface area contributed by atoms with E-state index < -0.39 is 6.10 Å². The highest BCUT2D eigenvalue weighted by Crippen LogP contribution is 2.30. The van der Waals surface area contributed by atoms with Crippen molar-refractivity contribution in [3.8, 4) is 11.4 Å². The number of nitrogens with one attached hydrogen (secondary N) is 1. The van der Waals surface area contributed by atoms with Gasteiger partial charge in [0.15, 0.2) is 0 Å². The molecule has 0 saturated carbocycles. The summed E-state index contributed by atoms with van der Waals surface area (Å²) in [5, 5.41) is 11.2. The van der Waals surface area contributed by atoms with Crippen LogP contribution in [-0.2, 0) is 6.42 Å². The SMILES string of the molecule is CCc1[nH]c(-c2ccccc2C)nc1C(O)CN1CCN(C(c2ccccc2)c2ccccc2)CC1.Cl.Cl.Cl. The summed E-state index contributed by atoms with van der Waals surface area (Å²) in [7, 11) is 0. The lowest BCUT2D eigenvalue weighted by Gasteiger charge is -2.40. The molecule has 4 aromatic rings. The Balaban J connectivity index is 0.00000178. The molecule has 5 rings (SSSR count). The topological polar surface area (TPSA) is 55.4 Å². The number of piperazine rings is 1. The van der Waals surface area contributed by atoms with Gasteiger partial charge in [0.2, 0.25) is 0 Å². The molecule has 2 heterocycles. The van der Waals surface area contributed by atoms with Crippen LogP contribution in [0.4, 0.5) is 0 Å². The van der Waals surface area contributed by atoms with Crippen LogP contribution in [0.1, 0.15) is 47.1 Å². The molecular weight excluding hydrogens is 551 g/mol. The van der Waals surface area contributed by atoms with Gasteiger partial charge in [0, 0.05) is 44.0 Å². The van der Waals surface area contributed by atoms with Crippen molar-refractivity contribution in [2.45, 2.75) is 32.4 Å². The monoisotopic (exact) mass is 588 g/mol. The van der Waals surface area contributed by atoms with E-state index in [2.05, 4.69) is 101 Å². The number of aromatic amines is 1. The summed E-state index contributed by atoms with van der Waals surface area (Å²) < 4.78 is 0. The summed E-state index contributed by atoms with van der Waals surface area (Å²) in [6.45, 7) is 8.55. The average Bonchev–Trinajstić information content (AvgIpc) is 3.36. The second-order valence-corrected chi connectivity index (χ2v) is 9.69. The first-order valence-electron chi connectivity index (χ1n) is 13.0. The normalized spacial score (nSPS) is 14.7. The molecule has 210 valence electrons. The molecule has 1 aliphatic heterocycles. The largest absolute Gasteiger partial charge is 0.385 e. The van der Waals surface area contributed by atoms with Gasteiger partial charge in [-0.15, -0.1) is 37.2 Å². The van der Waals surface area contributed by atoms with Gasteiger partial charge in [0.1, 0.15) is 11.9 Å². The number of aliphatic hydroxyl groups is 1. The van der Waals surface area contributed by atoms with Crippen LogP contribution >= 0.6 is 37.2 Å². The molecule has 3 aromatic carbocycles. The summed E-state index contributed by atoms with van der Waals surface area (Å²) in [5.74, 6) is 0.845. The number of hydrogen-bond acceptors (Lipinski definition) is 4. The number of hydrogen-bond donors (Lipinski definition) is 2. The third-order valence-corrected chi connectivity index (χ3v) is 7.31. The molecule has 0 spiro atoms. The van der Waals surface area contributed by atoms with E-state index in [0.29, 0.717) is 6.54 Å². The lowest BCUT2D eigenvalue weighted by atomic mass is 9.96. The number of rotatable bonds is 8. The predicted molar refractivity (Wildman–Crippen MR) is 168 cm³/mol.